The number of carbonyl (C=O) groups excluding carboxylic acids is 1. The van der Waals surface area contributed by atoms with Crippen LogP contribution in [-0.4, -0.2) is 18.0 Å². The number of fused-ring (bicyclic) bond motifs is 1. The molecule has 0 unspecified atom stereocenters. The second-order valence-corrected chi connectivity index (χ2v) is 5.56. The number of hydrogen-bond acceptors (Lipinski definition) is 3. The molecule has 0 atom stereocenters. The number of benzene rings is 1. The van der Waals surface area contributed by atoms with Crippen molar-refractivity contribution in [3.05, 3.63) is 46.4 Å². The van der Waals surface area contributed by atoms with Crippen LogP contribution in [0.2, 0.25) is 5.02 Å². The Kier molecular flexibility index (Phi) is 3.38. The molecule has 0 aliphatic heterocycles. The summed E-state index contributed by atoms with van der Waals surface area (Å²) >= 11 is 7.52. The van der Waals surface area contributed by atoms with Gasteiger partial charge in [0.2, 0.25) is 0 Å². The van der Waals surface area contributed by atoms with E-state index in [1.165, 1.54) is 0 Å². The van der Waals surface area contributed by atoms with Gasteiger partial charge in [-0.25, -0.2) is 0 Å². The number of ether oxygens (including phenoxy) is 1. The van der Waals surface area contributed by atoms with Gasteiger partial charge in [0.1, 0.15) is 11.4 Å². The smallest absolute Gasteiger partial charge is 0.272 e. The molecule has 4 nitrogen and oxygen atoms in total. The largest absolute Gasteiger partial charge is 0.495 e. The average molecular weight is 307 g/mol. The molecule has 2 N–H and O–H groups in total. The fourth-order valence-corrected chi connectivity index (χ4v) is 2.89. The first-order chi connectivity index (χ1) is 9.67. The monoisotopic (exact) mass is 306 g/mol. The van der Waals surface area contributed by atoms with Gasteiger partial charge >= 0.3 is 0 Å². The third-order valence-electron chi connectivity index (χ3n) is 2.89. The summed E-state index contributed by atoms with van der Waals surface area (Å²) in [5, 5.41) is 5.31. The normalized spacial score (nSPS) is 10.7. The van der Waals surface area contributed by atoms with Crippen molar-refractivity contribution in [1.29, 1.82) is 0 Å². The van der Waals surface area contributed by atoms with Crippen LogP contribution in [-0.2, 0) is 0 Å². The van der Waals surface area contributed by atoms with Crippen molar-refractivity contribution >= 4 is 44.7 Å². The topological polar surface area (TPSA) is 54.1 Å². The predicted molar refractivity (Wildman–Crippen MR) is 82.1 cm³/mol. The van der Waals surface area contributed by atoms with Crippen molar-refractivity contribution in [3.8, 4) is 5.75 Å². The van der Waals surface area contributed by atoms with E-state index in [0.717, 1.165) is 10.2 Å². The Morgan fingerprint density at radius 1 is 1.35 bits per heavy atom. The van der Waals surface area contributed by atoms with Crippen LogP contribution in [0.4, 0.5) is 5.69 Å². The van der Waals surface area contributed by atoms with Gasteiger partial charge in [-0.15, -0.1) is 11.3 Å². The van der Waals surface area contributed by atoms with E-state index in [1.807, 2.05) is 17.5 Å². The minimum atomic E-state index is -0.228. The van der Waals surface area contributed by atoms with Crippen molar-refractivity contribution < 1.29 is 9.53 Å². The van der Waals surface area contributed by atoms with E-state index in [1.54, 1.807) is 36.6 Å². The molecule has 102 valence electrons. The Bertz CT molecular complexity index is 750. The average Bonchev–Trinajstić information content (AvgIpc) is 2.99. The Morgan fingerprint density at radius 2 is 2.20 bits per heavy atom. The maximum Gasteiger partial charge on any atom is 0.272 e. The number of rotatable bonds is 3. The predicted octanol–water partition coefficient (Wildman–Crippen LogP) is 4.14. The quantitative estimate of drug-likeness (QED) is 0.764. The van der Waals surface area contributed by atoms with Crippen molar-refractivity contribution in [2.75, 3.05) is 12.4 Å². The molecular weight excluding hydrogens is 296 g/mol. The summed E-state index contributed by atoms with van der Waals surface area (Å²) in [6.07, 6.45) is 0. The fourth-order valence-electron chi connectivity index (χ4n) is 1.94. The standard InChI is InChI=1S/C14H11ClN2O2S/c1-19-12-3-2-8(15)6-10(12)17-14(18)11-7-13-9(16-11)4-5-20-13/h2-7,16H,1H3,(H,17,18). The second-order valence-electron chi connectivity index (χ2n) is 4.18. The van der Waals surface area contributed by atoms with Crippen LogP contribution in [0.1, 0.15) is 10.5 Å². The zero-order chi connectivity index (χ0) is 14.1. The van der Waals surface area contributed by atoms with Gasteiger partial charge in [-0.1, -0.05) is 11.6 Å². The summed E-state index contributed by atoms with van der Waals surface area (Å²) in [6, 6.07) is 8.85. The molecule has 3 rings (SSSR count). The van der Waals surface area contributed by atoms with Gasteiger partial charge in [-0.05, 0) is 35.7 Å². The number of methoxy groups -OCH3 is 1. The molecule has 2 aromatic heterocycles. The molecule has 0 fully saturated rings. The van der Waals surface area contributed by atoms with E-state index in [0.29, 0.717) is 22.2 Å². The van der Waals surface area contributed by atoms with Crippen molar-refractivity contribution in [2.45, 2.75) is 0 Å². The highest BCUT2D eigenvalue weighted by Crippen LogP contribution is 2.28. The van der Waals surface area contributed by atoms with Crippen LogP contribution < -0.4 is 10.1 Å². The minimum Gasteiger partial charge on any atom is -0.495 e. The van der Waals surface area contributed by atoms with Gasteiger partial charge in [0, 0.05) is 5.02 Å². The molecule has 6 heteroatoms. The number of hydrogen-bond donors (Lipinski definition) is 2. The lowest BCUT2D eigenvalue weighted by atomic mass is 10.2. The van der Waals surface area contributed by atoms with Crippen LogP contribution in [0.15, 0.2) is 35.7 Å². The van der Waals surface area contributed by atoms with E-state index in [9.17, 15) is 4.79 Å². The molecule has 0 saturated heterocycles. The van der Waals surface area contributed by atoms with Gasteiger partial charge in [0.25, 0.3) is 5.91 Å². The molecule has 0 bridgehead atoms. The molecule has 1 amide bonds. The summed E-state index contributed by atoms with van der Waals surface area (Å²) in [4.78, 5) is 15.3. The van der Waals surface area contributed by atoms with Gasteiger partial charge in [-0.2, -0.15) is 0 Å². The van der Waals surface area contributed by atoms with Gasteiger partial charge in [0.15, 0.2) is 0 Å². The van der Waals surface area contributed by atoms with Gasteiger partial charge in [-0.3, -0.25) is 4.79 Å². The zero-order valence-electron chi connectivity index (χ0n) is 10.6. The van der Waals surface area contributed by atoms with Crippen LogP contribution in [0.3, 0.4) is 0 Å². The number of thiophene rings is 1. The molecule has 3 aromatic rings. The summed E-state index contributed by atoms with van der Waals surface area (Å²) in [5.74, 6) is 0.338. The molecular formula is C14H11ClN2O2S. The summed E-state index contributed by atoms with van der Waals surface area (Å²) in [6.45, 7) is 0. The Balaban J connectivity index is 1.88. The molecule has 0 aliphatic rings. The van der Waals surface area contributed by atoms with E-state index < -0.39 is 0 Å². The minimum absolute atomic E-state index is 0.228. The van der Waals surface area contributed by atoms with Crippen LogP contribution in [0.5, 0.6) is 5.75 Å². The fraction of sp³-hybridized carbons (Fsp3) is 0.0714. The number of carbonyl (C=O) groups is 1. The zero-order valence-corrected chi connectivity index (χ0v) is 12.1. The van der Waals surface area contributed by atoms with Crippen LogP contribution >= 0.6 is 22.9 Å². The highest BCUT2D eigenvalue weighted by Gasteiger charge is 2.13. The summed E-state index contributed by atoms with van der Waals surface area (Å²) in [7, 11) is 1.55. The molecule has 0 radical (unpaired) electrons. The first-order valence-electron chi connectivity index (χ1n) is 5.88. The Morgan fingerprint density at radius 3 is 2.95 bits per heavy atom. The maximum absolute atomic E-state index is 12.2. The summed E-state index contributed by atoms with van der Waals surface area (Å²) < 4.78 is 6.25. The SMILES string of the molecule is COc1ccc(Cl)cc1NC(=O)c1cc2sccc2[nH]1. The third kappa shape index (κ3) is 2.37. The molecule has 1 aromatic carbocycles. The lowest BCUT2D eigenvalue weighted by Crippen LogP contribution is -2.13. The number of aromatic amines is 1. The Hall–Kier alpha value is -1.98. The molecule has 2 heterocycles. The second kappa shape index (κ2) is 5.19. The number of amides is 1. The number of aromatic nitrogens is 1. The molecule has 20 heavy (non-hydrogen) atoms. The van der Waals surface area contributed by atoms with E-state index in [2.05, 4.69) is 10.3 Å². The van der Waals surface area contributed by atoms with Crippen LogP contribution in [0.25, 0.3) is 10.2 Å². The lowest BCUT2D eigenvalue weighted by molar-refractivity contribution is 0.102. The third-order valence-corrected chi connectivity index (χ3v) is 3.99. The molecule has 0 spiro atoms. The Labute approximate surface area is 124 Å². The summed E-state index contributed by atoms with van der Waals surface area (Å²) in [5.41, 5.74) is 2.01. The highest BCUT2D eigenvalue weighted by molar-refractivity contribution is 7.17. The molecule has 0 saturated carbocycles. The number of nitrogens with one attached hydrogen (secondary N) is 2. The number of anilines is 1. The van der Waals surface area contributed by atoms with Gasteiger partial charge < -0.3 is 15.0 Å². The van der Waals surface area contributed by atoms with E-state index in [4.69, 9.17) is 16.3 Å². The van der Waals surface area contributed by atoms with Crippen LogP contribution in [0, 0.1) is 0 Å². The van der Waals surface area contributed by atoms with E-state index >= 15 is 0 Å². The maximum atomic E-state index is 12.2. The van der Waals surface area contributed by atoms with E-state index in [-0.39, 0.29) is 5.91 Å². The van der Waals surface area contributed by atoms with Crippen molar-refractivity contribution in [2.24, 2.45) is 0 Å². The van der Waals surface area contributed by atoms with Crippen molar-refractivity contribution in [3.63, 3.8) is 0 Å². The number of H-pyrrole nitrogens is 1. The van der Waals surface area contributed by atoms with Crippen molar-refractivity contribution in [1.82, 2.24) is 4.98 Å². The first-order valence-corrected chi connectivity index (χ1v) is 7.14. The first kappa shape index (κ1) is 13.0. The number of halogens is 1. The molecule has 0 aliphatic carbocycles. The highest BCUT2D eigenvalue weighted by atomic mass is 35.5. The lowest BCUT2D eigenvalue weighted by Gasteiger charge is -2.09. The van der Waals surface area contributed by atoms with Gasteiger partial charge in [0.05, 0.1) is 23.0 Å².